The molecule has 0 bridgehead atoms. The van der Waals surface area contributed by atoms with Gasteiger partial charge in [-0.1, -0.05) is 0 Å². The van der Waals surface area contributed by atoms with Gasteiger partial charge in [-0.3, -0.25) is 0 Å². The standard InChI is InChI=1S/C14H24N4O2/c1-3-19-10-14-17-12(15-2)7-13(18-14)16-8-11-5-4-6-20-9-11/h7,11H,3-6,8-10H2,1-2H3,(H2,15,16,17,18). The van der Waals surface area contributed by atoms with Crippen LogP contribution in [-0.4, -0.2) is 43.4 Å². The Balaban J connectivity index is 1.94. The molecule has 1 aliphatic heterocycles. The molecule has 0 aliphatic carbocycles. The van der Waals surface area contributed by atoms with Crippen molar-refractivity contribution in [1.82, 2.24) is 9.97 Å². The minimum Gasteiger partial charge on any atom is -0.381 e. The quantitative estimate of drug-likeness (QED) is 0.795. The first-order chi connectivity index (χ1) is 9.81. The maximum atomic E-state index is 5.49. The molecule has 1 atom stereocenters. The fourth-order valence-corrected chi connectivity index (χ4v) is 2.19. The van der Waals surface area contributed by atoms with Gasteiger partial charge in [0.15, 0.2) is 5.82 Å². The lowest BCUT2D eigenvalue weighted by Crippen LogP contribution is -2.24. The van der Waals surface area contributed by atoms with Crippen molar-refractivity contribution in [2.75, 3.05) is 44.0 Å². The van der Waals surface area contributed by atoms with Gasteiger partial charge < -0.3 is 20.1 Å². The molecule has 0 radical (unpaired) electrons. The van der Waals surface area contributed by atoms with E-state index in [1.165, 1.54) is 6.42 Å². The van der Waals surface area contributed by atoms with Crippen LogP contribution < -0.4 is 10.6 Å². The average molecular weight is 280 g/mol. The van der Waals surface area contributed by atoms with E-state index in [1.807, 2.05) is 20.0 Å². The molecule has 1 aliphatic rings. The number of nitrogens with zero attached hydrogens (tertiary/aromatic N) is 2. The molecule has 6 heteroatoms. The van der Waals surface area contributed by atoms with Crippen LogP contribution in [0.15, 0.2) is 6.07 Å². The van der Waals surface area contributed by atoms with E-state index in [9.17, 15) is 0 Å². The zero-order chi connectivity index (χ0) is 14.2. The van der Waals surface area contributed by atoms with Gasteiger partial charge in [-0.25, -0.2) is 9.97 Å². The fraction of sp³-hybridized carbons (Fsp3) is 0.714. The lowest BCUT2D eigenvalue weighted by atomic mass is 10.0. The first kappa shape index (κ1) is 15.0. The van der Waals surface area contributed by atoms with Crippen molar-refractivity contribution in [3.8, 4) is 0 Å². The van der Waals surface area contributed by atoms with Gasteiger partial charge in [0.05, 0.1) is 6.61 Å². The molecule has 1 saturated heterocycles. The average Bonchev–Trinajstić information content (AvgIpc) is 2.51. The molecule has 1 fully saturated rings. The van der Waals surface area contributed by atoms with Gasteiger partial charge in [0.25, 0.3) is 0 Å². The van der Waals surface area contributed by atoms with Crippen molar-refractivity contribution in [2.45, 2.75) is 26.4 Å². The smallest absolute Gasteiger partial charge is 0.158 e. The predicted octanol–water partition coefficient (Wildman–Crippen LogP) is 1.89. The lowest BCUT2D eigenvalue weighted by molar-refractivity contribution is 0.0594. The van der Waals surface area contributed by atoms with Gasteiger partial charge in [-0.15, -0.1) is 0 Å². The summed E-state index contributed by atoms with van der Waals surface area (Å²) in [6.45, 7) is 5.68. The summed E-state index contributed by atoms with van der Waals surface area (Å²) in [6.07, 6.45) is 2.36. The van der Waals surface area contributed by atoms with Gasteiger partial charge in [0, 0.05) is 32.9 Å². The van der Waals surface area contributed by atoms with Crippen LogP contribution in [0, 0.1) is 5.92 Å². The highest BCUT2D eigenvalue weighted by atomic mass is 16.5. The second-order valence-electron chi connectivity index (χ2n) is 4.91. The van der Waals surface area contributed by atoms with Crippen LogP contribution in [0.2, 0.25) is 0 Å². The summed E-state index contributed by atoms with van der Waals surface area (Å²) >= 11 is 0. The molecule has 2 N–H and O–H groups in total. The second kappa shape index (κ2) is 8.01. The van der Waals surface area contributed by atoms with E-state index in [0.29, 0.717) is 25.0 Å². The van der Waals surface area contributed by atoms with Crippen LogP contribution in [0.25, 0.3) is 0 Å². The lowest BCUT2D eigenvalue weighted by Gasteiger charge is -2.22. The summed E-state index contributed by atoms with van der Waals surface area (Å²) in [5.74, 6) is 2.90. The van der Waals surface area contributed by atoms with Crippen molar-refractivity contribution < 1.29 is 9.47 Å². The van der Waals surface area contributed by atoms with E-state index >= 15 is 0 Å². The first-order valence-electron chi connectivity index (χ1n) is 7.27. The Morgan fingerprint density at radius 3 is 2.95 bits per heavy atom. The maximum Gasteiger partial charge on any atom is 0.158 e. The highest BCUT2D eigenvalue weighted by Crippen LogP contribution is 2.16. The molecule has 112 valence electrons. The Kier molecular flexibility index (Phi) is 6.01. The van der Waals surface area contributed by atoms with E-state index in [-0.39, 0.29) is 0 Å². The van der Waals surface area contributed by atoms with Crippen LogP contribution in [0.1, 0.15) is 25.6 Å². The number of ether oxygens (including phenoxy) is 2. The summed E-state index contributed by atoms with van der Waals surface area (Å²) in [6, 6.07) is 1.92. The van der Waals surface area contributed by atoms with Gasteiger partial charge in [0.1, 0.15) is 18.2 Å². The highest BCUT2D eigenvalue weighted by Gasteiger charge is 2.14. The number of nitrogens with one attached hydrogen (secondary N) is 2. The monoisotopic (exact) mass is 280 g/mol. The molecule has 20 heavy (non-hydrogen) atoms. The normalized spacial score (nSPS) is 18.8. The maximum absolute atomic E-state index is 5.49. The zero-order valence-electron chi connectivity index (χ0n) is 12.3. The SMILES string of the molecule is CCOCc1nc(NC)cc(NCC2CCCOC2)n1. The van der Waals surface area contributed by atoms with Crippen LogP contribution in [0.3, 0.4) is 0 Å². The second-order valence-corrected chi connectivity index (χ2v) is 4.91. The molecule has 2 heterocycles. The van der Waals surface area contributed by atoms with Gasteiger partial charge >= 0.3 is 0 Å². The molecular weight excluding hydrogens is 256 g/mol. The van der Waals surface area contributed by atoms with Gasteiger partial charge in [-0.2, -0.15) is 0 Å². The molecule has 0 spiro atoms. The molecule has 1 unspecified atom stereocenters. The molecule has 1 aromatic rings. The van der Waals surface area contributed by atoms with E-state index in [1.54, 1.807) is 0 Å². The third-order valence-corrected chi connectivity index (χ3v) is 3.29. The van der Waals surface area contributed by atoms with Crippen molar-refractivity contribution >= 4 is 11.6 Å². The number of hydrogen-bond acceptors (Lipinski definition) is 6. The van der Waals surface area contributed by atoms with Gasteiger partial charge in [-0.05, 0) is 25.7 Å². The van der Waals surface area contributed by atoms with Crippen LogP contribution in [-0.2, 0) is 16.1 Å². The van der Waals surface area contributed by atoms with Crippen LogP contribution in [0.4, 0.5) is 11.6 Å². The van der Waals surface area contributed by atoms with E-state index < -0.39 is 0 Å². The number of rotatable bonds is 7. The first-order valence-corrected chi connectivity index (χ1v) is 7.27. The predicted molar refractivity (Wildman–Crippen MR) is 78.9 cm³/mol. The van der Waals surface area contributed by atoms with Crippen molar-refractivity contribution in [2.24, 2.45) is 5.92 Å². The molecular formula is C14H24N4O2. The Bertz CT molecular complexity index is 408. The minimum absolute atomic E-state index is 0.438. The summed E-state index contributed by atoms with van der Waals surface area (Å²) < 4.78 is 10.9. The molecule has 2 rings (SSSR count). The van der Waals surface area contributed by atoms with Gasteiger partial charge in [0.2, 0.25) is 0 Å². The third kappa shape index (κ3) is 4.61. The Hall–Kier alpha value is -1.40. The number of aromatic nitrogens is 2. The summed E-state index contributed by atoms with van der Waals surface area (Å²) in [5.41, 5.74) is 0. The molecule has 0 saturated carbocycles. The molecule has 1 aromatic heterocycles. The third-order valence-electron chi connectivity index (χ3n) is 3.29. The van der Waals surface area contributed by atoms with Crippen molar-refractivity contribution in [3.05, 3.63) is 11.9 Å². The van der Waals surface area contributed by atoms with Crippen LogP contribution in [0.5, 0.6) is 0 Å². The van der Waals surface area contributed by atoms with Crippen molar-refractivity contribution in [3.63, 3.8) is 0 Å². The zero-order valence-corrected chi connectivity index (χ0v) is 12.3. The molecule has 0 aromatic carbocycles. The molecule has 6 nitrogen and oxygen atoms in total. The minimum atomic E-state index is 0.438. The van der Waals surface area contributed by atoms with Crippen molar-refractivity contribution in [1.29, 1.82) is 0 Å². The summed E-state index contributed by atoms with van der Waals surface area (Å²) in [7, 11) is 1.85. The summed E-state index contributed by atoms with van der Waals surface area (Å²) in [5, 5.41) is 6.43. The van der Waals surface area contributed by atoms with Crippen LogP contribution >= 0.6 is 0 Å². The Labute approximate surface area is 120 Å². The van der Waals surface area contributed by atoms with E-state index in [4.69, 9.17) is 9.47 Å². The number of anilines is 2. The number of hydrogen-bond donors (Lipinski definition) is 2. The largest absolute Gasteiger partial charge is 0.381 e. The van der Waals surface area contributed by atoms with E-state index in [2.05, 4.69) is 20.6 Å². The Morgan fingerprint density at radius 2 is 2.25 bits per heavy atom. The summed E-state index contributed by atoms with van der Waals surface area (Å²) in [4.78, 5) is 8.85. The van der Waals surface area contributed by atoms with E-state index in [0.717, 1.165) is 37.8 Å². The topological polar surface area (TPSA) is 68.3 Å². The highest BCUT2D eigenvalue weighted by molar-refractivity contribution is 5.47. The fourth-order valence-electron chi connectivity index (χ4n) is 2.19. The Morgan fingerprint density at radius 1 is 1.40 bits per heavy atom. The molecule has 0 amide bonds.